The molecule has 0 radical (unpaired) electrons. The number of alkyl halides is 6. The molecular weight excluding hydrogens is 528 g/mol. The summed E-state index contributed by atoms with van der Waals surface area (Å²) in [6.45, 7) is 1.44. The lowest BCUT2D eigenvalue weighted by molar-refractivity contribution is -0.291. The summed E-state index contributed by atoms with van der Waals surface area (Å²) in [5, 5.41) is 3.16. The van der Waals surface area contributed by atoms with Gasteiger partial charge in [-0.25, -0.2) is 4.79 Å². The average molecular weight is 556 g/mol. The van der Waals surface area contributed by atoms with Crippen molar-refractivity contribution in [3.8, 4) is 0 Å². The molecule has 1 fully saturated rings. The minimum Gasteiger partial charge on any atom is -0.467 e. The smallest absolute Gasteiger partial charge is 0.416 e. The molecule has 1 aliphatic rings. The topological polar surface area (TPSA) is 56.8 Å². The van der Waals surface area contributed by atoms with Crippen molar-refractivity contribution in [2.45, 2.75) is 43.3 Å². The number of ether oxygens (including phenoxy) is 3. The fourth-order valence-corrected chi connectivity index (χ4v) is 4.75. The Morgan fingerprint density at radius 1 is 0.892 bits per heavy atom. The van der Waals surface area contributed by atoms with E-state index in [0.717, 1.165) is 7.11 Å². The first kappa shape index (κ1) is 30.9. The second-order valence-corrected chi connectivity index (χ2v) is 8.41. The number of rotatable bonds is 8. The summed E-state index contributed by atoms with van der Waals surface area (Å²) >= 11 is 0. The molecule has 0 amide bonds. The summed E-state index contributed by atoms with van der Waals surface area (Å²) in [4.78, 5) is 12.1. The van der Waals surface area contributed by atoms with Crippen LogP contribution in [0.15, 0.2) is 48.5 Å². The van der Waals surface area contributed by atoms with Crippen molar-refractivity contribution in [3.05, 3.63) is 70.8 Å². The molecule has 1 saturated heterocycles. The van der Waals surface area contributed by atoms with Crippen molar-refractivity contribution in [3.63, 3.8) is 0 Å². The van der Waals surface area contributed by atoms with E-state index in [1.807, 2.05) is 0 Å². The van der Waals surface area contributed by atoms with E-state index in [-0.39, 0.29) is 37.9 Å². The van der Waals surface area contributed by atoms with Crippen LogP contribution in [0.3, 0.4) is 0 Å². The summed E-state index contributed by atoms with van der Waals surface area (Å²) in [6, 6.07) is 9.87. The number of hydrogen-bond acceptors (Lipinski definition) is 5. The Balaban J connectivity index is 0.00000481. The minimum atomic E-state index is -5.08. The van der Waals surface area contributed by atoms with E-state index >= 15 is 0 Å². The van der Waals surface area contributed by atoms with Gasteiger partial charge in [-0.1, -0.05) is 30.3 Å². The van der Waals surface area contributed by atoms with Crippen LogP contribution in [-0.2, 0) is 42.6 Å². The lowest BCUT2D eigenvalue weighted by Gasteiger charge is -2.52. The Bertz CT molecular complexity index is 1010. The number of benzene rings is 2. The fraction of sp³-hybridized carbons (Fsp3) is 0.480. The molecule has 2 aromatic carbocycles. The van der Waals surface area contributed by atoms with E-state index in [1.165, 1.54) is 0 Å². The van der Waals surface area contributed by atoms with Gasteiger partial charge < -0.3 is 19.5 Å². The molecule has 1 aliphatic heterocycles. The van der Waals surface area contributed by atoms with Gasteiger partial charge in [-0.2, -0.15) is 26.3 Å². The summed E-state index contributed by atoms with van der Waals surface area (Å²) in [7, 11) is 1.09. The van der Waals surface area contributed by atoms with Crippen LogP contribution in [0.5, 0.6) is 0 Å². The molecule has 1 N–H and O–H groups in total. The first-order valence-corrected chi connectivity index (χ1v) is 11.3. The Morgan fingerprint density at radius 3 is 1.86 bits per heavy atom. The molecule has 0 aliphatic carbocycles. The molecule has 0 aromatic heterocycles. The zero-order valence-electron chi connectivity index (χ0n) is 20.2. The van der Waals surface area contributed by atoms with Gasteiger partial charge in [0.05, 0.1) is 23.7 Å². The molecule has 2 aromatic rings. The molecular formula is C25H28ClF6NO4. The Morgan fingerprint density at radius 2 is 1.41 bits per heavy atom. The van der Waals surface area contributed by atoms with Crippen molar-refractivity contribution in [1.29, 1.82) is 0 Å². The fourth-order valence-electron chi connectivity index (χ4n) is 4.75. The quantitative estimate of drug-likeness (QED) is 0.252. The Hall–Kier alpha value is -2.34. The third kappa shape index (κ3) is 6.39. The van der Waals surface area contributed by atoms with Gasteiger partial charge in [0, 0.05) is 12.2 Å². The summed E-state index contributed by atoms with van der Waals surface area (Å²) in [6.07, 6.45) is -9.67. The zero-order valence-corrected chi connectivity index (χ0v) is 21.0. The number of esters is 1. The molecule has 1 heterocycles. The SMILES string of the molecule is CCOC(OCC(=O)OC)(c1cc(C(F)(F)F)cc(C(F)(F)F)c1)C1(c2ccccc2)CCNCC1.Cl. The number of hydrogen-bond donors (Lipinski definition) is 1. The molecule has 12 heteroatoms. The average Bonchev–Trinajstić information content (AvgIpc) is 2.86. The second-order valence-electron chi connectivity index (χ2n) is 8.41. The van der Waals surface area contributed by atoms with Crippen LogP contribution >= 0.6 is 12.4 Å². The van der Waals surface area contributed by atoms with Gasteiger partial charge >= 0.3 is 18.3 Å². The zero-order chi connectivity index (χ0) is 26.6. The predicted molar refractivity (Wildman–Crippen MR) is 125 cm³/mol. The monoisotopic (exact) mass is 555 g/mol. The molecule has 0 bridgehead atoms. The van der Waals surface area contributed by atoms with E-state index in [0.29, 0.717) is 30.8 Å². The first-order chi connectivity index (χ1) is 16.9. The van der Waals surface area contributed by atoms with Crippen molar-refractivity contribution in [1.82, 2.24) is 5.32 Å². The third-order valence-electron chi connectivity index (χ3n) is 6.35. The first-order valence-electron chi connectivity index (χ1n) is 11.3. The molecule has 206 valence electrons. The summed E-state index contributed by atoms with van der Waals surface area (Å²) in [5.41, 5.74) is -4.14. The van der Waals surface area contributed by atoms with Crippen molar-refractivity contribution >= 4 is 18.4 Å². The number of halogens is 7. The highest BCUT2D eigenvalue weighted by molar-refractivity contribution is 5.85. The maximum absolute atomic E-state index is 13.8. The largest absolute Gasteiger partial charge is 0.467 e. The van der Waals surface area contributed by atoms with Crippen LogP contribution in [0.1, 0.15) is 42.0 Å². The van der Waals surface area contributed by atoms with Gasteiger partial charge in [0.2, 0.25) is 5.79 Å². The lowest BCUT2D eigenvalue weighted by atomic mass is 9.64. The highest BCUT2D eigenvalue weighted by atomic mass is 35.5. The van der Waals surface area contributed by atoms with Gasteiger partial charge in [0.1, 0.15) is 6.61 Å². The maximum atomic E-state index is 13.8. The maximum Gasteiger partial charge on any atom is 0.416 e. The predicted octanol–water partition coefficient (Wildman–Crippen LogP) is 5.85. The van der Waals surface area contributed by atoms with Crippen molar-refractivity contribution < 1.29 is 45.3 Å². The number of carbonyl (C=O) groups is 1. The van der Waals surface area contributed by atoms with Gasteiger partial charge in [-0.05, 0) is 56.6 Å². The molecule has 0 spiro atoms. The standard InChI is InChI=1S/C25H27F6NO4.ClH/c1-3-35-23(36-16-21(33)34-2,22(9-11-32-12-10-22)17-7-5-4-6-8-17)18-13-19(24(26,27)28)15-20(14-18)25(29,30)31;/h4-8,13-15,32H,3,9-12,16H2,1-2H3;1H. The number of methoxy groups -OCH3 is 1. The lowest BCUT2D eigenvalue weighted by Crippen LogP contribution is -2.58. The highest BCUT2D eigenvalue weighted by Crippen LogP contribution is 2.53. The summed E-state index contributed by atoms with van der Waals surface area (Å²) in [5.74, 6) is -3.04. The Labute approximate surface area is 216 Å². The van der Waals surface area contributed by atoms with Crippen molar-refractivity contribution in [2.24, 2.45) is 0 Å². The Kier molecular flexibility index (Phi) is 10.0. The van der Waals surface area contributed by atoms with Crippen LogP contribution in [0, 0.1) is 0 Å². The number of carbonyl (C=O) groups excluding carboxylic acids is 1. The second kappa shape index (κ2) is 12.0. The molecule has 1 atom stereocenters. The van der Waals surface area contributed by atoms with Crippen LogP contribution < -0.4 is 5.32 Å². The van der Waals surface area contributed by atoms with E-state index in [1.54, 1.807) is 37.3 Å². The van der Waals surface area contributed by atoms with Crippen LogP contribution in [0.4, 0.5) is 26.3 Å². The molecule has 3 rings (SSSR count). The van der Waals surface area contributed by atoms with Gasteiger partial charge in [-0.3, -0.25) is 0 Å². The van der Waals surface area contributed by atoms with Gasteiger partial charge in [0.15, 0.2) is 0 Å². The van der Waals surface area contributed by atoms with Crippen LogP contribution in [-0.4, -0.2) is 39.4 Å². The molecule has 37 heavy (non-hydrogen) atoms. The number of nitrogens with one attached hydrogen (secondary N) is 1. The van der Waals surface area contributed by atoms with E-state index in [2.05, 4.69) is 10.1 Å². The minimum absolute atomic E-state index is 0. The highest BCUT2D eigenvalue weighted by Gasteiger charge is 2.57. The van der Waals surface area contributed by atoms with Gasteiger partial charge in [-0.15, -0.1) is 12.4 Å². The van der Waals surface area contributed by atoms with Crippen LogP contribution in [0.2, 0.25) is 0 Å². The van der Waals surface area contributed by atoms with Gasteiger partial charge in [0.25, 0.3) is 0 Å². The third-order valence-corrected chi connectivity index (χ3v) is 6.35. The van der Waals surface area contributed by atoms with E-state index in [9.17, 15) is 31.1 Å². The summed E-state index contributed by atoms with van der Waals surface area (Å²) < 4.78 is 99.5. The number of piperidine rings is 1. The molecule has 0 saturated carbocycles. The van der Waals surface area contributed by atoms with Crippen molar-refractivity contribution in [2.75, 3.05) is 33.4 Å². The van der Waals surface area contributed by atoms with E-state index in [4.69, 9.17) is 9.47 Å². The molecule has 1 unspecified atom stereocenters. The van der Waals surface area contributed by atoms with Crippen LogP contribution in [0.25, 0.3) is 0 Å². The normalized spacial score (nSPS) is 17.4. The van der Waals surface area contributed by atoms with E-state index < -0.39 is 52.8 Å². The molecule has 5 nitrogen and oxygen atoms in total.